The molecule has 2 rings (SSSR count). The summed E-state index contributed by atoms with van der Waals surface area (Å²) in [7, 11) is -7.39. The minimum atomic E-state index is -4.02. The van der Waals surface area contributed by atoms with Crippen molar-refractivity contribution >= 4 is 20.0 Å². The molecule has 9 heteroatoms. The molecule has 1 aromatic rings. The van der Waals surface area contributed by atoms with Crippen LogP contribution in [0.5, 0.6) is 0 Å². The number of aryl methyl sites for hydroxylation is 1. The third kappa shape index (κ3) is 8.69. The standard InChI is InChI=1S/C18H30N2O5S2/c21-26(22,16-11-19-10-4-14-20-12-2-1-3-13-20)18-7-5-17(6-8-18)9-15-27(23,24)25/h5-8,19H,1-4,9-16H2,(H,23,24,25). The molecule has 7 nitrogen and oxygen atoms in total. The fraction of sp³-hybridized carbons (Fsp3) is 0.667. The third-order valence-electron chi connectivity index (χ3n) is 4.76. The molecule has 0 spiro atoms. The Morgan fingerprint density at radius 1 is 0.926 bits per heavy atom. The number of nitrogens with one attached hydrogen (secondary N) is 1. The minimum Gasteiger partial charge on any atom is -0.316 e. The lowest BCUT2D eigenvalue weighted by atomic mass is 10.1. The number of sulfone groups is 1. The molecule has 0 saturated carbocycles. The first kappa shape index (κ1) is 22.3. The van der Waals surface area contributed by atoms with Crippen LogP contribution in [0.15, 0.2) is 29.2 Å². The summed E-state index contributed by atoms with van der Waals surface area (Å²) in [5.41, 5.74) is 0.669. The summed E-state index contributed by atoms with van der Waals surface area (Å²) >= 11 is 0. The van der Waals surface area contributed by atoms with E-state index in [0.717, 1.165) is 19.5 Å². The summed E-state index contributed by atoms with van der Waals surface area (Å²) < 4.78 is 55.0. The minimum absolute atomic E-state index is 0.0288. The van der Waals surface area contributed by atoms with Crippen LogP contribution >= 0.6 is 0 Å². The predicted octanol–water partition coefficient (Wildman–Crippen LogP) is 1.36. The van der Waals surface area contributed by atoms with Gasteiger partial charge in [0.1, 0.15) is 0 Å². The number of piperidine rings is 1. The van der Waals surface area contributed by atoms with Crippen molar-refractivity contribution in [1.82, 2.24) is 10.2 Å². The molecule has 27 heavy (non-hydrogen) atoms. The van der Waals surface area contributed by atoms with Crippen LogP contribution < -0.4 is 5.32 Å². The van der Waals surface area contributed by atoms with Crippen LogP contribution in [0.1, 0.15) is 31.2 Å². The Labute approximate surface area is 162 Å². The van der Waals surface area contributed by atoms with E-state index >= 15 is 0 Å². The van der Waals surface area contributed by atoms with Gasteiger partial charge in [0.15, 0.2) is 9.84 Å². The second-order valence-corrected chi connectivity index (χ2v) is 10.7. The van der Waals surface area contributed by atoms with Crippen LogP contribution in [-0.4, -0.2) is 70.5 Å². The summed E-state index contributed by atoms with van der Waals surface area (Å²) in [5, 5.41) is 3.20. The first-order valence-electron chi connectivity index (χ1n) is 9.46. The molecule has 0 aliphatic carbocycles. The van der Waals surface area contributed by atoms with Crippen LogP contribution in [0, 0.1) is 0 Å². The second-order valence-electron chi connectivity index (χ2n) is 7.00. The van der Waals surface area contributed by atoms with E-state index in [9.17, 15) is 16.8 Å². The van der Waals surface area contributed by atoms with Crippen molar-refractivity contribution in [3.63, 3.8) is 0 Å². The van der Waals surface area contributed by atoms with E-state index in [0.29, 0.717) is 12.1 Å². The highest BCUT2D eigenvalue weighted by Crippen LogP contribution is 2.13. The molecule has 1 heterocycles. The first-order chi connectivity index (χ1) is 12.8. The molecule has 0 amide bonds. The zero-order valence-corrected chi connectivity index (χ0v) is 17.3. The van der Waals surface area contributed by atoms with E-state index in [2.05, 4.69) is 10.2 Å². The maximum Gasteiger partial charge on any atom is 0.265 e. The van der Waals surface area contributed by atoms with E-state index in [4.69, 9.17) is 4.55 Å². The SMILES string of the molecule is O=S(=O)(O)CCc1ccc(S(=O)(=O)CCNCCCN2CCCCC2)cc1. The van der Waals surface area contributed by atoms with Crippen LogP contribution in [-0.2, 0) is 26.4 Å². The van der Waals surface area contributed by atoms with Crippen molar-refractivity contribution in [1.29, 1.82) is 0 Å². The Bertz CT molecular complexity index is 770. The average Bonchev–Trinajstić information content (AvgIpc) is 2.63. The molecule has 2 N–H and O–H groups in total. The number of hydrogen-bond acceptors (Lipinski definition) is 6. The number of nitrogens with zero attached hydrogens (tertiary/aromatic N) is 1. The Morgan fingerprint density at radius 3 is 2.22 bits per heavy atom. The van der Waals surface area contributed by atoms with Gasteiger partial charge in [-0.15, -0.1) is 0 Å². The summed E-state index contributed by atoms with van der Waals surface area (Å²) in [4.78, 5) is 2.69. The lowest BCUT2D eigenvalue weighted by molar-refractivity contribution is 0.226. The average molecular weight is 419 g/mol. The highest BCUT2D eigenvalue weighted by atomic mass is 32.2. The Hall–Kier alpha value is -1.00. The number of likely N-dealkylation sites (tertiary alicyclic amines) is 1. The van der Waals surface area contributed by atoms with Crippen molar-refractivity contribution < 1.29 is 21.4 Å². The van der Waals surface area contributed by atoms with Gasteiger partial charge in [-0.3, -0.25) is 4.55 Å². The number of rotatable bonds is 11. The largest absolute Gasteiger partial charge is 0.316 e. The number of hydrogen-bond donors (Lipinski definition) is 2. The Morgan fingerprint density at radius 2 is 1.59 bits per heavy atom. The zero-order valence-electron chi connectivity index (χ0n) is 15.6. The molecule has 0 atom stereocenters. The molecular weight excluding hydrogens is 388 g/mol. The lowest BCUT2D eigenvalue weighted by Gasteiger charge is -2.26. The van der Waals surface area contributed by atoms with Gasteiger partial charge < -0.3 is 10.2 Å². The molecule has 1 fully saturated rings. The summed E-state index contributed by atoms with van der Waals surface area (Å²) in [6, 6.07) is 6.16. The smallest absolute Gasteiger partial charge is 0.265 e. The van der Waals surface area contributed by atoms with Gasteiger partial charge >= 0.3 is 0 Å². The van der Waals surface area contributed by atoms with Crippen LogP contribution in [0.2, 0.25) is 0 Å². The van der Waals surface area contributed by atoms with Crippen LogP contribution in [0.4, 0.5) is 0 Å². The quantitative estimate of drug-likeness (QED) is 0.413. The Kier molecular flexibility index (Phi) is 8.68. The van der Waals surface area contributed by atoms with Gasteiger partial charge in [-0.2, -0.15) is 8.42 Å². The topological polar surface area (TPSA) is 104 Å². The van der Waals surface area contributed by atoms with E-state index < -0.39 is 20.0 Å². The molecule has 154 valence electrons. The fourth-order valence-electron chi connectivity index (χ4n) is 3.17. The maximum absolute atomic E-state index is 12.4. The molecule has 1 aliphatic heterocycles. The molecule has 1 aromatic carbocycles. The van der Waals surface area contributed by atoms with E-state index in [1.165, 1.54) is 44.5 Å². The van der Waals surface area contributed by atoms with Gasteiger partial charge in [-0.1, -0.05) is 18.6 Å². The van der Waals surface area contributed by atoms with E-state index in [-0.39, 0.29) is 22.8 Å². The molecule has 0 unspecified atom stereocenters. The zero-order chi connectivity index (χ0) is 19.8. The van der Waals surface area contributed by atoms with Gasteiger partial charge in [0.2, 0.25) is 0 Å². The molecular formula is C18H30N2O5S2. The predicted molar refractivity (Wildman–Crippen MR) is 106 cm³/mol. The molecule has 0 bridgehead atoms. The van der Waals surface area contributed by atoms with Gasteiger partial charge in [0.25, 0.3) is 10.1 Å². The second kappa shape index (κ2) is 10.5. The van der Waals surface area contributed by atoms with E-state index in [1.54, 1.807) is 12.1 Å². The van der Waals surface area contributed by atoms with Gasteiger partial charge in [-0.25, -0.2) is 8.42 Å². The third-order valence-corrected chi connectivity index (χ3v) is 7.21. The van der Waals surface area contributed by atoms with Gasteiger partial charge in [0.05, 0.1) is 16.4 Å². The first-order valence-corrected chi connectivity index (χ1v) is 12.7. The number of benzene rings is 1. The lowest BCUT2D eigenvalue weighted by Crippen LogP contribution is -2.33. The van der Waals surface area contributed by atoms with Crippen molar-refractivity contribution in [2.24, 2.45) is 0 Å². The Balaban J connectivity index is 1.69. The highest BCUT2D eigenvalue weighted by Gasteiger charge is 2.14. The van der Waals surface area contributed by atoms with Gasteiger partial charge in [0, 0.05) is 6.54 Å². The van der Waals surface area contributed by atoms with E-state index in [1.807, 2.05) is 0 Å². The molecule has 0 radical (unpaired) electrons. The summed E-state index contributed by atoms with van der Waals surface area (Å²) in [6.45, 7) is 4.63. The van der Waals surface area contributed by atoms with Crippen molar-refractivity contribution in [2.45, 2.75) is 37.0 Å². The molecule has 0 aromatic heterocycles. The van der Waals surface area contributed by atoms with Crippen LogP contribution in [0.25, 0.3) is 0 Å². The fourth-order valence-corrected chi connectivity index (χ4v) is 4.86. The van der Waals surface area contributed by atoms with Gasteiger partial charge in [-0.05, 0) is 69.6 Å². The maximum atomic E-state index is 12.4. The normalized spacial score (nSPS) is 16.5. The summed E-state index contributed by atoms with van der Waals surface area (Å²) in [5.74, 6) is -0.346. The van der Waals surface area contributed by atoms with Crippen molar-refractivity contribution in [3.05, 3.63) is 29.8 Å². The summed E-state index contributed by atoms with van der Waals surface area (Å²) in [6.07, 6.45) is 5.05. The highest BCUT2D eigenvalue weighted by molar-refractivity contribution is 7.91. The molecule has 1 saturated heterocycles. The van der Waals surface area contributed by atoms with Crippen LogP contribution in [0.3, 0.4) is 0 Å². The molecule has 1 aliphatic rings. The van der Waals surface area contributed by atoms with Crippen molar-refractivity contribution in [3.8, 4) is 0 Å². The monoisotopic (exact) mass is 418 g/mol. The van der Waals surface area contributed by atoms with Crippen molar-refractivity contribution in [2.75, 3.05) is 44.2 Å².